The van der Waals surface area contributed by atoms with Crippen LogP contribution in [0.3, 0.4) is 0 Å². The van der Waals surface area contributed by atoms with Gasteiger partial charge in [0.25, 0.3) is 0 Å². The number of rotatable bonds is 5. The van der Waals surface area contributed by atoms with Gasteiger partial charge in [-0.2, -0.15) is 14.0 Å². The number of ether oxygens (including phenoxy) is 2. The molecule has 3 nitrogen and oxygen atoms in total. The fourth-order valence-corrected chi connectivity index (χ4v) is 1.86. The van der Waals surface area contributed by atoms with Crippen LogP contribution in [0.2, 0.25) is 0 Å². The second kappa shape index (κ2) is 6.40. The molecule has 0 bridgehead atoms. The maximum atomic E-state index is 12.2. The maximum absolute atomic E-state index is 12.2. The molecular formula is C11H10BrF2NO2. The van der Waals surface area contributed by atoms with Crippen molar-refractivity contribution in [2.45, 2.75) is 20.0 Å². The molecule has 1 aromatic rings. The van der Waals surface area contributed by atoms with Crippen LogP contribution >= 0.6 is 15.9 Å². The van der Waals surface area contributed by atoms with Crippen LogP contribution < -0.4 is 9.47 Å². The highest BCUT2D eigenvalue weighted by atomic mass is 79.9. The lowest BCUT2D eigenvalue weighted by Gasteiger charge is -2.14. The summed E-state index contributed by atoms with van der Waals surface area (Å²) in [5.41, 5.74) is 0.671. The Bertz CT molecular complexity index is 432. The summed E-state index contributed by atoms with van der Waals surface area (Å²) in [5.74, 6) is 0.149. The third-order valence-corrected chi connectivity index (χ3v) is 2.45. The zero-order valence-corrected chi connectivity index (χ0v) is 10.6. The van der Waals surface area contributed by atoms with Gasteiger partial charge in [-0.25, -0.2) is 0 Å². The van der Waals surface area contributed by atoms with E-state index in [4.69, 9.17) is 10.00 Å². The number of nitrogens with zero attached hydrogens (tertiary/aromatic N) is 1. The normalized spacial score (nSPS) is 10.1. The first kappa shape index (κ1) is 13.7. The average Bonchev–Trinajstić information content (AvgIpc) is 2.23. The van der Waals surface area contributed by atoms with E-state index in [2.05, 4.69) is 20.7 Å². The van der Waals surface area contributed by atoms with Gasteiger partial charge in [0.1, 0.15) is 0 Å². The molecule has 0 fully saturated rings. The summed E-state index contributed by atoms with van der Waals surface area (Å²) in [6.45, 7) is -0.869. The SMILES string of the molecule is CCOc1cc(CC#N)cc(Br)c1OC(F)F. The summed E-state index contributed by atoms with van der Waals surface area (Å²) < 4.78 is 34.4. The van der Waals surface area contributed by atoms with Crippen LogP contribution in [-0.4, -0.2) is 13.2 Å². The topological polar surface area (TPSA) is 42.2 Å². The lowest BCUT2D eigenvalue weighted by atomic mass is 10.1. The van der Waals surface area contributed by atoms with Gasteiger partial charge in [-0.3, -0.25) is 0 Å². The molecule has 0 spiro atoms. The zero-order valence-electron chi connectivity index (χ0n) is 9.04. The molecule has 0 unspecified atom stereocenters. The number of benzene rings is 1. The van der Waals surface area contributed by atoms with E-state index in [9.17, 15) is 8.78 Å². The number of alkyl halides is 2. The van der Waals surface area contributed by atoms with E-state index in [1.807, 2.05) is 6.07 Å². The second-order valence-electron chi connectivity index (χ2n) is 3.05. The quantitative estimate of drug-likeness (QED) is 0.836. The van der Waals surface area contributed by atoms with E-state index >= 15 is 0 Å². The van der Waals surface area contributed by atoms with Crippen molar-refractivity contribution in [3.05, 3.63) is 22.2 Å². The molecule has 17 heavy (non-hydrogen) atoms. The minimum Gasteiger partial charge on any atom is -0.490 e. The molecule has 0 saturated carbocycles. The fourth-order valence-electron chi connectivity index (χ4n) is 1.28. The Morgan fingerprint density at radius 1 is 1.47 bits per heavy atom. The average molecular weight is 306 g/mol. The van der Waals surface area contributed by atoms with Crippen molar-refractivity contribution in [2.75, 3.05) is 6.61 Å². The summed E-state index contributed by atoms with van der Waals surface area (Å²) >= 11 is 3.12. The molecule has 0 amide bonds. The molecule has 1 rings (SSSR count). The Morgan fingerprint density at radius 3 is 2.71 bits per heavy atom. The molecule has 92 valence electrons. The fraction of sp³-hybridized carbons (Fsp3) is 0.364. The van der Waals surface area contributed by atoms with Crippen molar-refractivity contribution in [1.29, 1.82) is 5.26 Å². The van der Waals surface area contributed by atoms with Crippen molar-refractivity contribution in [1.82, 2.24) is 0 Å². The first-order valence-corrected chi connectivity index (χ1v) is 5.64. The maximum Gasteiger partial charge on any atom is 0.387 e. The number of hydrogen-bond acceptors (Lipinski definition) is 3. The molecule has 0 aliphatic rings. The molecule has 0 N–H and O–H groups in total. The van der Waals surface area contributed by atoms with Gasteiger partial charge in [0.15, 0.2) is 11.5 Å². The summed E-state index contributed by atoms with van der Waals surface area (Å²) in [7, 11) is 0. The van der Waals surface area contributed by atoms with Crippen LogP contribution in [0, 0.1) is 11.3 Å². The molecular weight excluding hydrogens is 296 g/mol. The number of nitriles is 1. The lowest BCUT2D eigenvalue weighted by Crippen LogP contribution is -2.06. The highest BCUT2D eigenvalue weighted by Gasteiger charge is 2.16. The molecule has 1 aromatic carbocycles. The van der Waals surface area contributed by atoms with Gasteiger partial charge in [-0.15, -0.1) is 0 Å². The number of hydrogen-bond donors (Lipinski definition) is 0. The molecule has 0 aliphatic carbocycles. The third-order valence-electron chi connectivity index (χ3n) is 1.86. The van der Waals surface area contributed by atoms with Crippen molar-refractivity contribution in [3.8, 4) is 17.6 Å². The minimum atomic E-state index is -2.92. The Balaban J connectivity index is 3.13. The van der Waals surface area contributed by atoms with Crippen molar-refractivity contribution < 1.29 is 18.3 Å². The van der Waals surface area contributed by atoms with Crippen molar-refractivity contribution >= 4 is 15.9 Å². The molecule has 0 saturated heterocycles. The summed E-state index contributed by atoms with van der Waals surface area (Å²) in [6, 6.07) is 5.06. The van der Waals surface area contributed by atoms with Gasteiger partial charge in [-0.05, 0) is 40.5 Å². The molecule has 0 atom stereocenters. The van der Waals surface area contributed by atoms with Gasteiger partial charge in [0, 0.05) is 0 Å². The van der Waals surface area contributed by atoms with Crippen molar-refractivity contribution in [2.24, 2.45) is 0 Å². The third kappa shape index (κ3) is 3.86. The van der Waals surface area contributed by atoms with Gasteiger partial charge in [-0.1, -0.05) is 0 Å². The minimum absolute atomic E-state index is 0.0523. The predicted molar refractivity (Wildman–Crippen MR) is 61.3 cm³/mol. The van der Waals surface area contributed by atoms with Gasteiger partial charge in [0.05, 0.1) is 23.6 Å². The first-order valence-electron chi connectivity index (χ1n) is 4.85. The Labute approximate surface area is 106 Å². The van der Waals surface area contributed by atoms with Crippen LogP contribution in [-0.2, 0) is 6.42 Å². The zero-order chi connectivity index (χ0) is 12.8. The van der Waals surface area contributed by atoms with E-state index in [-0.39, 0.29) is 17.9 Å². The van der Waals surface area contributed by atoms with Crippen LogP contribution in [0.1, 0.15) is 12.5 Å². The van der Waals surface area contributed by atoms with E-state index in [1.54, 1.807) is 13.0 Å². The van der Waals surface area contributed by atoms with Gasteiger partial charge >= 0.3 is 6.61 Å². The highest BCUT2D eigenvalue weighted by Crippen LogP contribution is 2.37. The van der Waals surface area contributed by atoms with Crippen LogP contribution in [0.4, 0.5) is 8.78 Å². The van der Waals surface area contributed by atoms with E-state index < -0.39 is 6.61 Å². The predicted octanol–water partition coefficient (Wildman–Crippen LogP) is 3.52. The van der Waals surface area contributed by atoms with Gasteiger partial charge in [0.2, 0.25) is 0 Å². The lowest BCUT2D eigenvalue weighted by molar-refractivity contribution is -0.0519. The monoisotopic (exact) mass is 305 g/mol. The van der Waals surface area contributed by atoms with Crippen LogP contribution in [0.15, 0.2) is 16.6 Å². The second-order valence-corrected chi connectivity index (χ2v) is 3.91. The van der Waals surface area contributed by atoms with E-state index in [0.29, 0.717) is 16.6 Å². The van der Waals surface area contributed by atoms with Crippen LogP contribution in [0.25, 0.3) is 0 Å². The highest BCUT2D eigenvalue weighted by molar-refractivity contribution is 9.10. The Hall–Kier alpha value is -1.35. The summed E-state index contributed by atoms with van der Waals surface area (Å²) in [6.07, 6.45) is 0.174. The Morgan fingerprint density at radius 2 is 2.18 bits per heavy atom. The molecule has 0 aromatic heterocycles. The molecule has 0 aliphatic heterocycles. The largest absolute Gasteiger partial charge is 0.490 e. The molecule has 0 radical (unpaired) electrons. The Kier molecular flexibility index (Phi) is 5.16. The smallest absolute Gasteiger partial charge is 0.387 e. The number of halogens is 3. The van der Waals surface area contributed by atoms with E-state index in [0.717, 1.165) is 0 Å². The summed E-state index contributed by atoms with van der Waals surface area (Å²) in [5, 5.41) is 8.59. The van der Waals surface area contributed by atoms with Crippen LogP contribution in [0.5, 0.6) is 11.5 Å². The molecule has 0 heterocycles. The summed E-state index contributed by atoms with van der Waals surface area (Å²) in [4.78, 5) is 0. The van der Waals surface area contributed by atoms with E-state index in [1.165, 1.54) is 6.07 Å². The molecule has 6 heteroatoms. The van der Waals surface area contributed by atoms with Gasteiger partial charge < -0.3 is 9.47 Å². The standard InChI is InChI=1S/C11H10BrF2NO2/c1-2-16-9-6-7(3-4-15)5-8(12)10(9)17-11(13)14/h5-6,11H,2-3H2,1H3. The van der Waals surface area contributed by atoms with Crippen molar-refractivity contribution in [3.63, 3.8) is 0 Å². The first-order chi connectivity index (χ1) is 8.08.